The number of halogens is 1. The van der Waals surface area contributed by atoms with Crippen LogP contribution in [-0.4, -0.2) is 35.1 Å². The van der Waals surface area contributed by atoms with Gasteiger partial charge in [0.05, 0.1) is 12.5 Å². The summed E-state index contributed by atoms with van der Waals surface area (Å²) in [5, 5.41) is 11.3. The van der Waals surface area contributed by atoms with Gasteiger partial charge in [0.25, 0.3) is 5.91 Å². The molecule has 148 valence electrons. The number of ether oxygens (including phenoxy) is 1. The van der Waals surface area contributed by atoms with E-state index in [1.165, 1.54) is 11.8 Å². The van der Waals surface area contributed by atoms with Gasteiger partial charge in [-0.15, -0.1) is 5.10 Å². The van der Waals surface area contributed by atoms with Crippen molar-refractivity contribution in [1.82, 2.24) is 10.3 Å². The Bertz CT molecular complexity index is 1130. The number of nitrogens with one attached hydrogen (secondary N) is 1. The minimum Gasteiger partial charge on any atom is -0.497 e. The van der Waals surface area contributed by atoms with Gasteiger partial charge in [-0.2, -0.15) is 0 Å². The number of benzene rings is 2. The highest BCUT2D eigenvalue weighted by molar-refractivity contribution is 9.10. The number of amides is 1. The second-order valence-electron chi connectivity index (χ2n) is 6.32. The maximum Gasteiger partial charge on any atom is 0.276 e. The van der Waals surface area contributed by atoms with Crippen LogP contribution >= 0.6 is 27.7 Å². The molecule has 2 aromatic carbocycles. The fraction of sp³-hybridized carbons (Fsp3) is 0.190. The van der Waals surface area contributed by atoms with Crippen molar-refractivity contribution in [2.45, 2.75) is 13.1 Å². The Hall–Kier alpha value is -2.58. The standard InChI is InChI=1S/C21H19BrN4O2S/c1-3-29-21-24-20(27)19-16-12-14(22)7-10-17(16)23-18(26(19)25-21)11-6-13-4-8-15(28-2)9-5-13/h4-12,18H,3H2,1-2H3,(H,24,25,27)/b11-6+. The number of nitrogens with zero attached hydrogens (tertiary/aromatic N) is 3. The average Bonchev–Trinajstić information content (AvgIpc) is 2.72. The van der Waals surface area contributed by atoms with E-state index in [9.17, 15) is 4.79 Å². The number of hydrogen-bond acceptors (Lipinski definition) is 6. The van der Waals surface area contributed by atoms with Gasteiger partial charge in [0, 0.05) is 9.69 Å². The average molecular weight is 471 g/mol. The summed E-state index contributed by atoms with van der Waals surface area (Å²) >= 11 is 4.97. The van der Waals surface area contributed by atoms with Crippen LogP contribution < -0.4 is 20.6 Å². The molecule has 1 N–H and O–H groups in total. The predicted molar refractivity (Wildman–Crippen MR) is 120 cm³/mol. The lowest BCUT2D eigenvalue weighted by Crippen LogP contribution is -2.52. The van der Waals surface area contributed by atoms with Crippen LogP contribution in [0.2, 0.25) is 0 Å². The SMILES string of the molecule is CCSC1=NN2C(=c3cc(Br)ccc3=NC2/C=C/c2ccc(OC)cc2)C(=O)N1. The van der Waals surface area contributed by atoms with Crippen molar-refractivity contribution in [3.05, 3.63) is 69.2 Å². The number of fused-ring (bicyclic) bond motifs is 2. The highest BCUT2D eigenvalue weighted by atomic mass is 79.9. The molecule has 1 amide bonds. The van der Waals surface area contributed by atoms with E-state index in [2.05, 4.69) is 26.3 Å². The van der Waals surface area contributed by atoms with Crippen molar-refractivity contribution >= 4 is 50.5 Å². The zero-order valence-electron chi connectivity index (χ0n) is 15.9. The number of hydrogen-bond donors (Lipinski definition) is 1. The molecule has 2 heterocycles. The molecular formula is C21H19BrN4O2S. The summed E-state index contributed by atoms with van der Waals surface area (Å²) in [5.74, 6) is 1.44. The second-order valence-corrected chi connectivity index (χ2v) is 8.49. The maximum atomic E-state index is 12.9. The van der Waals surface area contributed by atoms with Crippen LogP contribution in [0.4, 0.5) is 0 Å². The van der Waals surface area contributed by atoms with E-state index < -0.39 is 6.17 Å². The first-order valence-electron chi connectivity index (χ1n) is 9.11. The molecule has 0 saturated heterocycles. The molecule has 8 heteroatoms. The summed E-state index contributed by atoms with van der Waals surface area (Å²) < 4.78 is 6.09. The number of thioether (sulfide) groups is 1. The molecule has 2 aliphatic rings. The van der Waals surface area contributed by atoms with Crippen molar-refractivity contribution in [3.63, 3.8) is 0 Å². The summed E-state index contributed by atoms with van der Waals surface area (Å²) in [7, 11) is 1.64. The van der Waals surface area contributed by atoms with Gasteiger partial charge in [0.2, 0.25) is 0 Å². The smallest absolute Gasteiger partial charge is 0.276 e. The van der Waals surface area contributed by atoms with E-state index in [1.54, 1.807) is 12.1 Å². The maximum absolute atomic E-state index is 12.9. The van der Waals surface area contributed by atoms with Crippen molar-refractivity contribution in [2.24, 2.45) is 10.1 Å². The van der Waals surface area contributed by atoms with Gasteiger partial charge in [-0.3, -0.25) is 15.1 Å². The fourth-order valence-electron chi connectivity index (χ4n) is 3.12. The Morgan fingerprint density at radius 1 is 1.28 bits per heavy atom. The Kier molecular flexibility index (Phi) is 5.73. The summed E-state index contributed by atoms with van der Waals surface area (Å²) in [6.07, 6.45) is 3.51. The molecule has 0 bridgehead atoms. The molecule has 6 nitrogen and oxygen atoms in total. The third-order valence-electron chi connectivity index (χ3n) is 4.46. The number of amidine groups is 1. The Morgan fingerprint density at radius 3 is 2.79 bits per heavy atom. The second kappa shape index (κ2) is 8.42. The van der Waals surface area contributed by atoms with Crippen LogP contribution in [0.3, 0.4) is 0 Å². The van der Waals surface area contributed by atoms with Crippen LogP contribution in [0.25, 0.3) is 11.8 Å². The first kappa shape index (κ1) is 19.7. The molecule has 0 aliphatic carbocycles. The minimum absolute atomic E-state index is 0.173. The highest BCUT2D eigenvalue weighted by Gasteiger charge is 2.32. The lowest BCUT2D eigenvalue weighted by Gasteiger charge is -2.32. The van der Waals surface area contributed by atoms with Crippen LogP contribution in [0.15, 0.2) is 63.1 Å². The monoisotopic (exact) mass is 470 g/mol. The number of methoxy groups -OCH3 is 1. The van der Waals surface area contributed by atoms with Crippen LogP contribution in [0, 0.1) is 0 Å². The van der Waals surface area contributed by atoms with E-state index >= 15 is 0 Å². The highest BCUT2D eigenvalue weighted by Crippen LogP contribution is 2.22. The molecule has 1 unspecified atom stereocenters. The molecular weight excluding hydrogens is 452 g/mol. The van der Waals surface area contributed by atoms with Crippen molar-refractivity contribution in [2.75, 3.05) is 12.9 Å². The van der Waals surface area contributed by atoms with Crippen molar-refractivity contribution < 1.29 is 9.53 Å². The molecule has 4 rings (SSSR count). The molecule has 29 heavy (non-hydrogen) atoms. The van der Waals surface area contributed by atoms with Crippen LogP contribution in [0.5, 0.6) is 5.75 Å². The Labute approximate surface area is 181 Å². The van der Waals surface area contributed by atoms with E-state index in [4.69, 9.17) is 9.73 Å². The normalized spacial score (nSPS) is 18.0. The van der Waals surface area contributed by atoms with Gasteiger partial charge in [-0.1, -0.05) is 52.8 Å². The number of rotatable bonds is 4. The Balaban J connectivity index is 1.78. The third-order valence-corrected chi connectivity index (χ3v) is 5.70. The van der Waals surface area contributed by atoms with E-state index in [0.29, 0.717) is 10.9 Å². The molecule has 0 fully saturated rings. The van der Waals surface area contributed by atoms with Gasteiger partial charge in [0.1, 0.15) is 11.4 Å². The summed E-state index contributed by atoms with van der Waals surface area (Å²) in [6.45, 7) is 2.02. The van der Waals surface area contributed by atoms with E-state index in [-0.39, 0.29) is 5.91 Å². The lowest BCUT2D eigenvalue weighted by molar-refractivity contribution is -0.116. The van der Waals surface area contributed by atoms with Gasteiger partial charge in [0.15, 0.2) is 11.3 Å². The van der Waals surface area contributed by atoms with Crippen LogP contribution in [-0.2, 0) is 4.79 Å². The molecule has 0 saturated carbocycles. The molecule has 1 atom stereocenters. The molecule has 0 spiro atoms. The van der Waals surface area contributed by atoms with E-state index in [0.717, 1.165) is 32.1 Å². The van der Waals surface area contributed by atoms with Gasteiger partial charge in [-0.25, -0.2) is 5.01 Å². The summed E-state index contributed by atoms with van der Waals surface area (Å²) in [5.41, 5.74) is 1.51. The van der Waals surface area contributed by atoms with Crippen LogP contribution in [0.1, 0.15) is 12.5 Å². The quantitative estimate of drug-likeness (QED) is 0.745. The number of carbonyl (C=O) groups excluding carboxylic acids is 1. The fourth-order valence-corrected chi connectivity index (χ4v) is 4.06. The molecule has 0 radical (unpaired) electrons. The van der Waals surface area contributed by atoms with Gasteiger partial charge >= 0.3 is 0 Å². The first-order valence-corrected chi connectivity index (χ1v) is 10.9. The van der Waals surface area contributed by atoms with Crippen molar-refractivity contribution in [3.8, 4) is 5.75 Å². The summed E-state index contributed by atoms with van der Waals surface area (Å²) in [4.78, 5) is 17.7. The molecule has 2 aromatic rings. The van der Waals surface area contributed by atoms with E-state index in [1.807, 2.05) is 61.5 Å². The molecule has 0 aromatic heterocycles. The molecule has 2 aliphatic heterocycles. The largest absolute Gasteiger partial charge is 0.497 e. The zero-order chi connectivity index (χ0) is 20.4. The minimum atomic E-state index is -0.417. The van der Waals surface area contributed by atoms with Crippen molar-refractivity contribution in [1.29, 1.82) is 0 Å². The van der Waals surface area contributed by atoms with Gasteiger partial charge < -0.3 is 4.74 Å². The summed E-state index contributed by atoms with van der Waals surface area (Å²) in [6, 6.07) is 13.5. The zero-order valence-corrected chi connectivity index (χ0v) is 18.3. The topological polar surface area (TPSA) is 66.3 Å². The number of hydrazone groups is 1. The third kappa shape index (κ3) is 4.09. The lowest BCUT2D eigenvalue weighted by atomic mass is 10.1. The first-order chi connectivity index (χ1) is 14.1. The number of carbonyl (C=O) groups is 1. The predicted octanol–water partition coefficient (Wildman–Crippen LogP) is 2.69. The Morgan fingerprint density at radius 2 is 2.07 bits per heavy atom. The van der Waals surface area contributed by atoms with Gasteiger partial charge in [-0.05, 0) is 47.7 Å².